The lowest BCUT2D eigenvalue weighted by Crippen LogP contribution is -2.18. The van der Waals surface area contributed by atoms with Gasteiger partial charge in [0.15, 0.2) is 0 Å². The van der Waals surface area contributed by atoms with Gasteiger partial charge in [0.05, 0.1) is 27.8 Å². The highest BCUT2D eigenvalue weighted by Gasteiger charge is 2.43. The van der Waals surface area contributed by atoms with Gasteiger partial charge in [0.25, 0.3) is 0 Å². The van der Waals surface area contributed by atoms with E-state index in [4.69, 9.17) is 0 Å². The second-order valence-corrected chi connectivity index (χ2v) is 9.51. The standard InChI is InChI=1S/C28H18F6N2/c1-26(2)19-7-4-3-6-15(19)16-12-17-18-14-35-11-10-23(18)36(24(17)13-22(16)26)25-20(27(29,30)31)8-5-9-21(25)28(32,33)34/h3-14H,1-2H3. The van der Waals surface area contributed by atoms with Crippen molar-refractivity contribution >= 4 is 21.8 Å². The Bertz CT molecular complexity index is 1660. The highest BCUT2D eigenvalue weighted by atomic mass is 19.4. The van der Waals surface area contributed by atoms with Crippen LogP contribution in [-0.2, 0) is 17.8 Å². The first kappa shape index (κ1) is 22.6. The zero-order valence-electron chi connectivity index (χ0n) is 19.1. The second-order valence-electron chi connectivity index (χ2n) is 9.51. The molecule has 0 saturated carbocycles. The summed E-state index contributed by atoms with van der Waals surface area (Å²) in [5.41, 5.74) is 0.151. The fraction of sp³-hybridized carbons (Fsp3) is 0.179. The summed E-state index contributed by atoms with van der Waals surface area (Å²) in [5, 5.41) is 1.01. The Labute approximate surface area is 201 Å². The fourth-order valence-corrected chi connectivity index (χ4v) is 5.54. The third-order valence-electron chi connectivity index (χ3n) is 7.14. The molecule has 8 heteroatoms. The molecule has 1 aliphatic rings. The SMILES string of the molecule is CC1(C)c2ccccc2-c2cc3c4cnccc4n(-c4c(C(F)(F)F)cccc4C(F)(F)F)c3cc21. The Morgan fingerprint density at radius 2 is 1.36 bits per heavy atom. The van der Waals surface area contributed by atoms with Crippen molar-refractivity contribution in [1.82, 2.24) is 9.55 Å². The molecular weight excluding hydrogens is 478 g/mol. The zero-order valence-corrected chi connectivity index (χ0v) is 19.1. The van der Waals surface area contributed by atoms with E-state index in [0.717, 1.165) is 32.9 Å². The number of aromatic nitrogens is 2. The Balaban J connectivity index is 1.82. The van der Waals surface area contributed by atoms with E-state index in [2.05, 4.69) is 4.98 Å². The summed E-state index contributed by atoms with van der Waals surface area (Å²) >= 11 is 0. The maximum atomic E-state index is 14.1. The van der Waals surface area contributed by atoms with Crippen LogP contribution in [0.2, 0.25) is 0 Å². The van der Waals surface area contributed by atoms with Crippen LogP contribution in [0.1, 0.15) is 36.1 Å². The zero-order chi connectivity index (χ0) is 25.6. The summed E-state index contributed by atoms with van der Waals surface area (Å²) in [5.74, 6) is 0. The van der Waals surface area contributed by atoms with Gasteiger partial charge in [0, 0.05) is 28.6 Å². The summed E-state index contributed by atoms with van der Waals surface area (Å²) in [6.07, 6.45) is -7.15. The number of rotatable bonds is 1. The lowest BCUT2D eigenvalue weighted by Gasteiger charge is -2.23. The molecule has 0 N–H and O–H groups in total. The van der Waals surface area contributed by atoms with E-state index in [-0.39, 0.29) is 11.0 Å². The number of halogens is 6. The Morgan fingerprint density at radius 3 is 2.03 bits per heavy atom. The van der Waals surface area contributed by atoms with Crippen LogP contribution >= 0.6 is 0 Å². The normalized spacial score (nSPS) is 14.9. The Kier molecular flexibility index (Phi) is 4.48. The van der Waals surface area contributed by atoms with Crippen molar-refractivity contribution in [2.24, 2.45) is 0 Å². The molecule has 2 nitrogen and oxygen atoms in total. The van der Waals surface area contributed by atoms with Crippen LogP contribution in [0.4, 0.5) is 26.3 Å². The first-order chi connectivity index (χ1) is 16.9. The molecule has 0 spiro atoms. The number of fused-ring (bicyclic) bond motifs is 6. The minimum absolute atomic E-state index is 0.219. The summed E-state index contributed by atoms with van der Waals surface area (Å²) in [6.45, 7) is 4.01. The summed E-state index contributed by atoms with van der Waals surface area (Å²) in [6, 6.07) is 15.0. The van der Waals surface area contributed by atoms with Crippen LogP contribution < -0.4 is 0 Å². The van der Waals surface area contributed by atoms with Crippen LogP contribution in [0, 0.1) is 0 Å². The van der Waals surface area contributed by atoms with Gasteiger partial charge < -0.3 is 4.57 Å². The third kappa shape index (κ3) is 3.03. The predicted octanol–water partition coefficient (Wildman–Crippen LogP) is 8.52. The first-order valence-electron chi connectivity index (χ1n) is 11.2. The van der Waals surface area contributed by atoms with Gasteiger partial charge in [-0.3, -0.25) is 4.98 Å². The lowest BCUT2D eigenvalue weighted by molar-refractivity contribution is -0.142. The van der Waals surface area contributed by atoms with E-state index < -0.39 is 34.6 Å². The topological polar surface area (TPSA) is 17.8 Å². The van der Waals surface area contributed by atoms with Gasteiger partial charge in [-0.25, -0.2) is 0 Å². The van der Waals surface area contributed by atoms with E-state index in [0.29, 0.717) is 22.9 Å². The summed E-state index contributed by atoms with van der Waals surface area (Å²) in [4.78, 5) is 4.12. The number of hydrogen-bond donors (Lipinski definition) is 0. The maximum Gasteiger partial charge on any atom is 0.418 e. The Morgan fingerprint density at radius 1 is 0.694 bits per heavy atom. The maximum absolute atomic E-state index is 14.1. The second kappa shape index (κ2) is 7.12. The van der Waals surface area contributed by atoms with E-state index in [9.17, 15) is 26.3 Å². The molecule has 0 saturated heterocycles. The van der Waals surface area contributed by atoms with Crippen LogP contribution in [0.5, 0.6) is 0 Å². The van der Waals surface area contributed by atoms with Crippen LogP contribution in [0.15, 0.2) is 73.1 Å². The molecule has 5 aromatic rings. The molecule has 0 atom stereocenters. The van der Waals surface area contributed by atoms with Crippen molar-refractivity contribution < 1.29 is 26.3 Å². The highest BCUT2D eigenvalue weighted by molar-refractivity contribution is 6.11. The summed E-state index contributed by atoms with van der Waals surface area (Å²) in [7, 11) is 0. The van der Waals surface area contributed by atoms with Gasteiger partial charge >= 0.3 is 12.4 Å². The third-order valence-corrected chi connectivity index (χ3v) is 7.14. The minimum Gasteiger partial charge on any atom is -0.308 e. The van der Waals surface area contributed by atoms with Gasteiger partial charge in [-0.05, 0) is 52.6 Å². The molecular formula is C28H18F6N2. The molecule has 182 valence electrons. The average molecular weight is 496 g/mol. The Hall–Kier alpha value is -3.81. The van der Waals surface area contributed by atoms with Gasteiger partial charge in [0.2, 0.25) is 0 Å². The predicted molar refractivity (Wildman–Crippen MR) is 126 cm³/mol. The quantitative estimate of drug-likeness (QED) is 0.213. The van der Waals surface area contributed by atoms with E-state index >= 15 is 0 Å². The molecule has 3 aromatic carbocycles. The van der Waals surface area contributed by atoms with Crippen LogP contribution in [0.3, 0.4) is 0 Å². The van der Waals surface area contributed by atoms with Crippen molar-refractivity contribution in [2.45, 2.75) is 31.6 Å². The number of hydrogen-bond acceptors (Lipinski definition) is 1. The van der Waals surface area contributed by atoms with Gasteiger partial charge in [-0.2, -0.15) is 26.3 Å². The van der Waals surface area contributed by atoms with Crippen molar-refractivity contribution in [3.63, 3.8) is 0 Å². The largest absolute Gasteiger partial charge is 0.418 e. The monoisotopic (exact) mass is 496 g/mol. The van der Waals surface area contributed by atoms with Crippen LogP contribution in [0.25, 0.3) is 38.6 Å². The molecule has 0 radical (unpaired) electrons. The number of benzene rings is 3. The highest BCUT2D eigenvalue weighted by Crippen LogP contribution is 2.52. The molecule has 0 aliphatic heterocycles. The smallest absolute Gasteiger partial charge is 0.308 e. The van der Waals surface area contributed by atoms with Gasteiger partial charge in [-0.1, -0.05) is 44.2 Å². The van der Waals surface area contributed by atoms with Crippen molar-refractivity contribution in [2.75, 3.05) is 0 Å². The minimum atomic E-state index is -5.00. The average Bonchev–Trinajstić information content (AvgIpc) is 3.26. The molecule has 0 unspecified atom stereocenters. The van der Waals surface area contributed by atoms with Crippen molar-refractivity contribution in [3.8, 4) is 16.8 Å². The fourth-order valence-electron chi connectivity index (χ4n) is 5.54. The molecule has 36 heavy (non-hydrogen) atoms. The van der Waals surface area contributed by atoms with E-state index in [1.165, 1.54) is 18.5 Å². The molecule has 0 amide bonds. The molecule has 0 bridgehead atoms. The first-order valence-corrected chi connectivity index (χ1v) is 11.2. The molecule has 1 aliphatic carbocycles. The van der Waals surface area contributed by atoms with Crippen molar-refractivity contribution in [1.29, 1.82) is 0 Å². The number of pyridine rings is 1. The molecule has 6 rings (SSSR count). The lowest BCUT2D eigenvalue weighted by atomic mass is 9.82. The van der Waals surface area contributed by atoms with E-state index in [1.807, 2.05) is 44.2 Å². The van der Waals surface area contributed by atoms with Gasteiger partial charge in [0.1, 0.15) is 0 Å². The number of alkyl halides is 6. The van der Waals surface area contributed by atoms with Gasteiger partial charge in [-0.15, -0.1) is 0 Å². The van der Waals surface area contributed by atoms with E-state index in [1.54, 1.807) is 6.07 Å². The summed E-state index contributed by atoms with van der Waals surface area (Å²) < 4.78 is 85.9. The van der Waals surface area contributed by atoms with Crippen LogP contribution in [-0.4, -0.2) is 9.55 Å². The molecule has 0 fully saturated rings. The van der Waals surface area contributed by atoms with Crippen molar-refractivity contribution in [3.05, 3.63) is 95.3 Å². The number of para-hydroxylation sites is 1. The molecule has 2 aromatic heterocycles. The molecule has 2 heterocycles. The number of nitrogens with zero attached hydrogens (tertiary/aromatic N) is 2.